The number of urea groups is 1. The first-order valence-electron chi connectivity index (χ1n) is 8.57. The summed E-state index contributed by atoms with van der Waals surface area (Å²) in [4.78, 5) is 28.2. The Bertz CT molecular complexity index is 399. The van der Waals surface area contributed by atoms with Gasteiger partial charge in [0.25, 0.3) is 0 Å². The smallest absolute Gasteiger partial charge is 0.324 e. The van der Waals surface area contributed by atoms with Crippen molar-refractivity contribution in [2.45, 2.75) is 46.0 Å². The number of hydrogen-bond donors (Lipinski definition) is 3. The van der Waals surface area contributed by atoms with E-state index in [2.05, 4.69) is 34.8 Å². The van der Waals surface area contributed by atoms with E-state index in [4.69, 9.17) is 0 Å². The molecule has 140 valence electrons. The second-order valence-electron chi connectivity index (χ2n) is 6.23. The van der Waals surface area contributed by atoms with Crippen LogP contribution >= 0.6 is 24.0 Å². The normalized spacial score (nSPS) is 14.7. The molecule has 3 N–H and O–H groups in total. The number of halogens is 1. The van der Waals surface area contributed by atoms with E-state index in [0.717, 1.165) is 18.9 Å². The zero-order valence-electron chi connectivity index (χ0n) is 15.1. The highest BCUT2D eigenvalue weighted by molar-refractivity contribution is 14.0. The van der Waals surface area contributed by atoms with E-state index in [1.165, 1.54) is 30.6 Å². The first-order chi connectivity index (χ1) is 11.0. The summed E-state index contributed by atoms with van der Waals surface area (Å²) in [5.74, 6) is 1.32. The first kappa shape index (κ1) is 22.9. The molecule has 0 saturated carbocycles. The van der Waals surface area contributed by atoms with Gasteiger partial charge in [0.1, 0.15) is 0 Å². The number of rotatable bonds is 10. The van der Waals surface area contributed by atoms with E-state index >= 15 is 0 Å². The third kappa shape index (κ3) is 9.29. The fraction of sp³-hybridized carbons (Fsp3) is 0.812. The van der Waals surface area contributed by atoms with Gasteiger partial charge in [-0.1, -0.05) is 39.5 Å². The van der Waals surface area contributed by atoms with Crippen LogP contribution in [0.25, 0.3) is 0 Å². The van der Waals surface area contributed by atoms with Gasteiger partial charge in [-0.2, -0.15) is 0 Å². The van der Waals surface area contributed by atoms with Crippen LogP contribution in [0.2, 0.25) is 0 Å². The van der Waals surface area contributed by atoms with Gasteiger partial charge in [0.2, 0.25) is 5.91 Å². The summed E-state index contributed by atoms with van der Waals surface area (Å²) in [6.07, 6.45) is 6.22. The van der Waals surface area contributed by atoms with Crippen molar-refractivity contribution < 1.29 is 9.59 Å². The summed E-state index contributed by atoms with van der Waals surface area (Å²) in [6, 6.07) is -0.318. The SMILES string of the molecule is CN=C(NCCCCCCC(C)C)NCCN1C(=O)CNC1=O.I. The molecule has 24 heavy (non-hydrogen) atoms. The Morgan fingerprint density at radius 2 is 1.83 bits per heavy atom. The van der Waals surface area contributed by atoms with E-state index in [0.29, 0.717) is 19.0 Å². The second kappa shape index (κ2) is 13.3. The summed E-state index contributed by atoms with van der Waals surface area (Å²) in [5.41, 5.74) is 0. The fourth-order valence-electron chi connectivity index (χ4n) is 2.43. The van der Waals surface area contributed by atoms with Crippen molar-refractivity contribution in [3.63, 3.8) is 0 Å². The molecule has 0 aromatic rings. The molecule has 8 heteroatoms. The van der Waals surface area contributed by atoms with Gasteiger partial charge in [0.15, 0.2) is 5.96 Å². The lowest BCUT2D eigenvalue weighted by molar-refractivity contribution is -0.124. The molecule has 0 aromatic heterocycles. The van der Waals surface area contributed by atoms with Gasteiger partial charge in [-0.15, -0.1) is 24.0 Å². The topological polar surface area (TPSA) is 85.8 Å². The second-order valence-corrected chi connectivity index (χ2v) is 6.23. The Morgan fingerprint density at radius 3 is 2.42 bits per heavy atom. The maximum absolute atomic E-state index is 11.4. The minimum Gasteiger partial charge on any atom is -0.356 e. The molecule has 0 aliphatic carbocycles. The molecule has 1 saturated heterocycles. The van der Waals surface area contributed by atoms with Crippen molar-refractivity contribution in [3.05, 3.63) is 0 Å². The third-order valence-corrected chi connectivity index (χ3v) is 3.79. The predicted molar refractivity (Wildman–Crippen MR) is 108 cm³/mol. The zero-order valence-corrected chi connectivity index (χ0v) is 17.4. The highest BCUT2D eigenvalue weighted by Gasteiger charge is 2.27. The number of nitrogens with one attached hydrogen (secondary N) is 3. The lowest BCUT2D eigenvalue weighted by Gasteiger charge is -2.15. The molecule has 1 aliphatic heterocycles. The minimum atomic E-state index is -0.318. The standard InChI is InChI=1S/C16H31N5O2.HI/c1-13(2)8-6-4-5-7-9-18-15(17-3)19-10-11-21-14(22)12-20-16(21)23;/h13H,4-12H2,1-3H3,(H,20,23)(H2,17,18,19);1H. The van der Waals surface area contributed by atoms with Crippen LogP contribution in [0, 0.1) is 5.92 Å². The summed E-state index contributed by atoms with van der Waals surface area (Å²) < 4.78 is 0. The number of carbonyl (C=O) groups excluding carboxylic acids is 2. The molecule has 1 aliphatic rings. The number of imide groups is 1. The quantitative estimate of drug-likeness (QED) is 0.155. The van der Waals surface area contributed by atoms with Gasteiger partial charge < -0.3 is 16.0 Å². The number of amides is 3. The fourth-order valence-corrected chi connectivity index (χ4v) is 2.43. The molecule has 0 spiro atoms. The molecule has 0 bridgehead atoms. The van der Waals surface area contributed by atoms with E-state index in [1.807, 2.05) is 0 Å². The summed E-state index contributed by atoms with van der Waals surface area (Å²) in [6.45, 7) is 6.34. The van der Waals surface area contributed by atoms with E-state index in [-0.39, 0.29) is 42.5 Å². The van der Waals surface area contributed by atoms with Gasteiger partial charge in [-0.3, -0.25) is 14.7 Å². The summed E-state index contributed by atoms with van der Waals surface area (Å²) in [7, 11) is 1.71. The molecule has 0 aromatic carbocycles. The Labute approximate surface area is 162 Å². The number of carbonyl (C=O) groups is 2. The van der Waals surface area contributed by atoms with Gasteiger partial charge >= 0.3 is 6.03 Å². The minimum absolute atomic E-state index is 0. The van der Waals surface area contributed by atoms with Gasteiger partial charge in [-0.25, -0.2) is 4.79 Å². The van der Waals surface area contributed by atoms with Crippen molar-refractivity contribution in [3.8, 4) is 0 Å². The Kier molecular flexibility index (Phi) is 12.7. The van der Waals surface area contributed by atoms with Crippen molar-refractivity contribution in [2.24, 2.45) is 10.9 Å². The van der Waals surface area contributed by atoms with Crippen LogP contribution in [0.4, 0.5) is 4.79 Å². The Hall–Kier alpha value is -1.06. The van der Waals surface area contributed by atoms with Gasteiger partial charge in [-0.05, 0) is 12.3 Å². The number of aliphatic imine (C=N–C) groups is 1. The number of unbranched alkanes of at least 4 members (excludes halogenated alkanes) is 3. The monoisotopic (exact) mass is 453 g/mol. The van der Waals surface area contributed by atoms with Gasteiger partial charge in [0.05, 0.1) is 6.54 Å². The van der Waals surface area contributed by atoms with E-state index < -0.39 is 0 Å². The summed E-state index contributed by atoms with van der Waals surface area (Å²) in [5, 5.41) is 8.87. The Balaban J connectivity index is 0.00000529. The number of hydrogen-bond acceptors (Lipinski definition) is 3. The van der Waals surface area contributed by atoms with Gasteiger partial charge in [0, 0.05) is 26.7 Å². The summed E-state index contributed by atoms with van der Waals surface area (Å²) >= 11 is 0. The first-order valence-corrected chi connectivity index (χ1v) is 8.57. The lowest BCUT2D eigenvalue weighted by atomic mass is 10.0. The van der Waals surface area contributed by atoms with Crippen molar-refractivity contribution in [2.75, 3.05) is 33.2 Å². The van der Waals surface area contributed by atoms with Crippen LogP contribution < -0.4 is 16.0 Å². The third-order valence-electron chi connectivity index (χ3n) is 3.79. The largest absolute Gasteiger partial charge is 0.356 e. The van der Waals surface area contributed by atoms with Crippen LogP contribution in [-0.4, -0.2) is 56.0 Å². The van der Waals surface area contributed by atoms with Crippen molar-refractivity contribution >= 4 is 41.9 Å². The maximum atomic E-state index is 11.4. The number of guanidine groups is 1. The average Bonchev–Trinajstić information content (AvgIpc) is 2.83. The maximum Gasteiger partial charge on any atom is 0.324 e. The van der Waals surface area contributed by atoms with E-state index in [9.17, 15) is 9.59 Å². The van der Waals surface area contributed by atoms with Crippen LogP contribution in [-0.2, 0) is 4.79 Å². The van der Waals surface area contributed by atoms with Crippen LogP contribution in [0.3, 0.4) is 0 Å². The molecule has 0 atom stereocenters. The average molecular weight is 453 g/mol. The van der Waals surface area contributed by atoms with Crippen LogP contribution in [0.15, 0.2) is 4.99 Å². The molecule has 1 rings (SSSR count). The molecular formula is C16H32IN5O2. The highest BCUT2D eigenvalue weighted by atomic mass is 127. The molecular weight excluding hydrogens is 421 g/mol. The number of nitrogens with zero attached hydrogens (tertiary/aromatic N) is 2. The predicted octanol–water partition coefficient (Wildman–Crippen LogP) is 1.93. The molecule has 3 amide bonds. The van der Waals surface area contributed by atoms with Crippen molar-refractivity contribution in [1.82, 2.24) is 20.9 Å². The molecule has 0 unspecified atom stereocenters. The molecule has 1 heterocycles. The highest BCUT2D eigenvalue weighted by Crippen LogP contribution is 2.08. The molecule has 7 nitrogen and oxygen atoms in total. The molecule has 0 radical (unpaired) electrons. The molecule has 1 fully saturated rings. The van der Waals surface area contributed by atoms with Crippen LogP contribution in [0.1, 0.15) is 46.0 Å². The lowest BCUT2D eigenvalue weighted by Crippen LogP contribution is -2.43. The van der Waals surface area contributed by atoms with Crippen LogP contribution in [0.5, 0.6) is 0 Å². The van der Waals surface area contributed by atoms with Crippen molar-refractivity contribution in [1.29, 1.82) is 0 Å². The van der Waals surface area contributed by atoms with E-state index in [1.54, 1.807) is 7.05 Å². The zero-order chi connectivity index (χ0) is 17.1. The Morgan fingerprint density at radius 1 is 1.17 bits per heavy atom.